The van der Waals surface area contributed by atoms with Gasteiger partial charge in [-0.05, 0) is 31.3 Å². The first kappa shape index (κ1) is 14.4. The van der Waals surface area contributed by atoms with Gasteiger partial charge >= 0.3 is 0 Å². The van der Waals surface area contributed by atoms with Crippen molar-refractivity contribution in [3.63, 3.8) is 0 Å². The van der Waals surface area contributed by atoms with Crippen LogP contribution < -0.4 is 15.8 Å². The van der Waals surface area contributed by atoms with Crippen LogP contribution in [0.2, 0.25) is 0 Å². The fourth-order valence-corrected chi connectivity index (χ4v) is 0.999. The molecule has 16 heavy (non-hydrogen) atoms. The van der Waals surface area contributed by atoms with Crippen LogP contribution in [0.3, 0.4) is 0 Å². The van der Waals surface area contributed by atoms with Crippen molar-refractivity contribution in [2.24, 2.45) is 5.73 Å². The maximum atomic E-state index is 11.1. The quantitative estimate of drug-likeness (QED) is 0.701. The Morgan fingerprint density at radius 3 is 2.38 bits per heavy atom. The molecular weight excluding hydrogens is 208 g/mol. The minimum absolute atomic E-state index is 0.117. The zero-order chi connectivity index (χ0) is 12.4. The fraction of sp³-hybridized carbons (Fsp3) is 0.364. The molecule has 0 aliphatic rings. The summed E-state index contributed by atoms with van der Waals surface area (Å²) in [4.78, 5) is 11.1. The molecule has 0 aromatic heterocycles. The van der Waals surface area contributed by atoms with E-state index in [1.54, 1.807) is 31.4 Å². The van der Waals surface area contributed by atoms with Crippen molar-refractivity contribution in [2.45, 2.75) is 6.42 Å². The van der Waals surface area contributed by atoms with E-state index in [1.807, 2.05) is 0 Å². The minimum Gasteiger partial charge on any atom is -0.497 e. The lowest BCUT2D eigenvalue weighted by Crippen LogP contribution is -2.12. The second-order valence-corrected chi connectivity index (χ2v) is 2.75. The highest BCUT2D eigenvalue weighted by atomic mass is 16.5. The molecule has 0 saturated heterocycles. The number of carbonyl (C=O) groups excluding carboxylic acids is 1. The monoisotopic (exact) mass is 226 g/mol. The summed E-state index contributed by atoms with van der Waals surface area (Å²) in [6, 6.07) is 7.01. The number of methoxy groups -OCH3 is 1. The van der Waals surface area contributed by atoms with Gasteiger partial charge in [-0.15, -0.1) is 0 Å². The van der Waals surface area contributed by atoms with Gasteiger partial charge in [0, 0.05) is 5.69 Å². The Bertz CT molecular complexity index is 299. The number of ether oxygens (including phenoxy) is 1. The molecule has 1 rings (SSSR count). The van der Waals surface area contributed by atoms with Crippen LogP contribution >= 0.6 is 0 Å². The van der Waals surface area contributed by atoms with Crippen LogP contribution in [0, 0.1) is 0 Å². The van der Waals surface area contributed by atoms with Gasteiger partial charge in [0.15, 0.2) is 0 Å². The van der Waals surface area contributed by atoms with Crippen molar-refractivity contribution in [3.05, 3.63) is 24.3 Å². The number of aliphatic hydroxyl groups is 1. The van der Waals surface area contributed by atoms with Crippen molar-refractivity contribution in [1.82, 2.24) is 0 Å². The number of aliphatic hydroxyl groups excluding tert-OH is 1. The molecule has 5 nitrogen and oxygen atoms in total. The molecule has 0 radical (unpaired) electrons. The highest BCUT2D eigenvalue weighted by molar-refractivity contribution is 5.90. The number of hydrogen-bond donors (Lipinski definition) is 3. The topological polar surface area (TPSA) is 84.6 Å². The van der Waals surface area contributed by atoms with Crippen molar-refractivity contribution >= 4 is 11.6 Å². The van der Waals surface area contributed by atoms with E-state index < -0.39 is 0 Å². The Balaban J connectivity index is 0.00000106. The lowest BCUT2D eigenvalue weighted by Gasteiger charge is -2.04. The molecule has 0 spiro atoms. The van der Waals surface area contributed by atoms with Crippen LogP contribution in [0.15, 0.2) is 24.3 Å². The Kier molecular flexibility index (Phi) is 7.83. The Hall–Kier alpha value is -1.59. The summed E-state index contributed by atoms with van der Waals surface area (Å²) in [6.07, 6.45) is 0.117. The molecule has 0 atom stereocenters. The first-order valence-corrected chi connectivity index (χ1v) is 4.88. The van der Waals surface area contributed by atoms with Gasteiger partial charge in [-0.1, -0.05) is 0 Å². The van der Waals surface area contributed by atoms with E-state index in [2.05, 4.69) is 11.1 Å². The summed E-state index contributed by atoms with van der Waals surface area (Å²) in [6.45, 7) is -0.137. The van der Waals surface area contributed by atoms with Crippen molar-refractivity contribution in [1.29, 1.82) is 0 Å². The molecule has 5 heteroatoms. The van der Waals surface area contributed by atoms with Gasteiger partial charge in [0.25, 0.3) is 0 Å². The number of nitrogens with one attached hydrogen (secondary N) is 1. The van der Waals surface area contributed by atoms with Gasteiger partial charge in [-0.25, -0.2) is 0 Å². The Morgan fingerprint density at radius 2 is 1.94 bits per heavy atom. The lowest BCUT2D eigenvalue weighted by atomic mass is 10.3. The third-order valence-electron chi connectivity index (χ3n) is 1.71. The zero-order valence-corrected chi connectivity index (χ0v) is 9.56. The number of hydrogen-bond acceptors (Lipinski definition) is 4. The molecule has 1 amide bonds. The van der Waals surface area contributed by atoms with E-state index in [0.29, 0.717) is 5.69 Å². The third kappa shape index (κ3) is 5.33. The molecule has 90 valence electrons. The molecule has 0 aliphatic carbocycles. The molecule has 0 fully saturated rings. The SMILES string of the molecule is CN.COc1ccc(NC(=O)CCO)cc1. The predicted octanol–water partition coefficient (Wildman–Crippen LogP) is 0.591. The molecule has 0 heterocycles. The van der Waals surface area contributed by atoms with E-state index in [-0.39, 0.29) is 18.9 Å². The van der Waals surface area contributed by atoms with Gasteiger partial charge in [-0.3, -0.25) is 4.79 Å². The second-order valence-electron chi connectivity index (χ2n) is 2.75. The number of benzene rings is 1. The summed E-state index contributed by atoms with van der Waals surface area (Å²) >= 11 is 0. The smallest absolute Gasteiger partial charge is 0.226 e. The van der Waals surface area contributed by atoms with E-state index in [0.717, 1.165) is 5.75 Å². The number of nitrogens with two attached hydrogens (primary N) is 1. The number of carbonyl (C=O) groups is 1. The van der Waals surface area contributed by atoms with E-state index >= 15 is 0 Å². The molecule has 1 aromatic carbocycles. The van der Waals surface area contributed by atoms with E-state index in [1.165, 1.54) is 7.05 Å². The Labute approximate surface area is 95.2 Å². The predicted molar refractivity (Wildman–Crippen MR) is 63.4 cm³/mol. The van der Waals surface area contributed by atoms with Crippen LogP contribution in [-0.4, -0.2) is 31.8 Å². The maximum Gasteiger partial charge on any atom is 0.226 e. The first-order chi connectivity index (χ1) is 7.76. The average Bonchev–Trinajstić information content (AvgIpc) is 2.33. The van der Waals surface area contributed by atoms with Crippen molar-refractivity contribution in [3.8, 4) is 5.75 Å². The molecule has 0 aliphatic heterocycles. The standard InChI is InChI=1S/C10H13NO3.CH5N/c1-14-9-4-2-8(3-5-9)11-10(13)6-7-12;1-2/h2-5,12H,6-7H2,1H3,(H,11,13);2H2,1H3. The van der Waals surface area contributed by atoms with E-state index in [9.17, 15) is 4.79 Å². The van der Waals surface area contributed by atoms with Gasteiger partial charge < -0.3 is 20.9 Å². The average molecular weight is 226 g/mol. The Morgan fingerprint density at radius 1 is 1.38 bits per heavy atom. The highest BCUT2D eigenvalue weighted by Gasteiger charge is 2.00. The summed E-state index contributed by atoms with van der Waals surface area (Å²) in [5, 5.41) is 11.2. The molecule has 1 aromatic rings. The highest BCUT2D eigenvalue weighted by Crippen LogP contribution is 2.14. The van der Waals surface area contributed by atoms with E-state index in [4.69, 9.17) is 9.84 Å². The largest absolute Gasteiger partial charge is 0.497 e. The third-order valence-corrected chi connectivity index (χ3v) is 1.71. The van der Waals surface area contributed by atoms with Crippen LogP contribution in [0.1, 0.15) is 6.42 Å². The minimum atomic E-state index is -0.197. The van der Waals surface area contributed by atoms with Gasteiger partial charge in [0.1, 0.15) is 5.75 Å². The number of amides is 1. The summed E-state index contributed by atoms with van der Waals surface area (Å²) in [5.41, 5.74) is 5.20. The summed E-state index contributed by atoms with van der Waals surface area (Å²) in [5.74, 6) is 0.544. The van der Waals surface area contributed by atoms with Crippen LogP contribution in [0.5, 0.6) is 5.75 Å². The normalized spacial score (nSPS) is 8.75. The lowest BCUT2D eigenvalue weighted by molar-refractivity contribution is -0.116. The number of rotatable bonds is 4. The molecule has 0 saturated carbocycles. The van der Waals surface area contributed by atoms with Crippen LogP contribution in [0.25, 0.3) is 0 Å². The van der Waals surface area contributed by atoms with Crippen LogP contribution in [-0.2, 0) is 4.79 Å². The van der Waals surface area contributed by atoms with Gasteiger partial charge in [0.05, 0.1) is 20.1 Å². The van der Waals surface area contributed by atoms with Gasteiger partial charge in [0.2, 0.25) is 5.91 Å². The summed E-state index contributed by atoms with van der Waals surface area (Å²) in [7, 11) is 3.08. The fourth-order valence-electron chi connectivity index (χ4n) is 0.999. The maximum absolute atomic E-state index is 11.1. The van der Waals surface area contributed by atoms with Crippen molar-refractivity contribution < 1.29 is 14.6 Å². The second kappa shape index (κ2) is 8.70. The zero-order valence-electron chi connectivity index (χ0n) is 9.56. The molecule has 0 bridgehead atoms. The number of anilines is 1. The van der Waals surface area contributed by atoms with Crippen LogP contribution in [0.4, 0.5) is 5.69 Å². The molecule has 4 N–H and O–H groups in total. The van der Waals surface area contributed by atoms with Gasteiger partial charge in [-0.2, -0.15) is 0 Å². The molecular formula is C11H18N2O3. The molecule has 0 unspecified atom stereocenters. The summed E-state index contributed by atoms with van der Waals surface area (Å²) < 4.78 is 4.97. The van der Waals surface area contributed by atoms with Crippen molar-refractivity contribution in [2.75, 3.05) is 26.1 Å². The first-order valence-electron chi connectivity index (χ1n) is 4.88.